The van der Waals surface area contributed by atoms with Gasteiger partial charge in [0.15, 0.2) is 0 Å². The number of carbonyl (C=O) groups excluding carboxylic acids is 1. The van der Waals surface area contributed by atoms with Crippen LogP contribution in [-0.2, 0) is 9.53 Å². The van der Waals surface area contributed by atoms with E-state index in [-0.39, 0.29) is 18.5 Å². The number of piperidine rings is 1. The Morgan fingerprint density at radius 1 is 1.17 bits per heavy atom. The number of hydrogen-bond donors (Lipinski definition) is 1. The fourth-order valence-electron chi connectivity index (χ4n) is 3.95. The Bertz CT molecular complexity index is 974. The first kappa shape index (κ1) is 19.7. The third kappa shape index (κ3) is 4.54. The minimum Gasteiger partial charge on any atom is -0.491 e. The van der Waals surface area contributed by atoms with Gasteiger partial charge in [0.1, 0.15) is 29.6 Å². The van der Waals surface area contributed by atoms with Crippen molar-refractivity contribution in [1.82, 2.24) is 4.90 Å². The number of rotatable bonds is 7. The van der Waals surface area contributed by atoms with Crippen LogP contribution in [0.1, 0.15) is 19.8 Å². The number of ether oxygens (including phenoxy) is 2. The van der Waals surface area contributed by atoms with Crippen LogP contribution >= 0.6 is 0 Å². The monoisotopic (exact) mass is 397 g/mol. The number of furan rings is 1. The van der Waals surface area contributed by atoms with E-state index in [0.29, 0.717) is 18.9 Å². The van der Waals surface area contributed by atoms with Gasteiger partial charge in [0, 0.05) is 17.3 Å². The highest BCUT2D eigenvalue weighted by atomic mass is 16.5. The fraction of sp³-hybridized carbons (Fsp3) is 0.435. The average Bonchev–Trinajstić information content (AvgIpc) is 3.11. The molecule has 1 saturated heterocycles. The smallest absolute Gasteiger partial charge is 0.309 e. The van der Waals surface area contributed by atoms with Gasteiger partial charge < -0.3 is 23.9 Å². The molecule has 1 N–H and O–H groups in total. The van der Waals surface area contributed by atoms with E-state index in [2.05, 4.69) is 4.90 Å². The molecule has 0 radical (unpaired) electrons. The van der Waals surface area contributed by atoms with Crippen LogP contribution in [0, 0.1) is 5.92 Å². The first-order valence-corrected chi connectivity index (χ1v) is 10.2. The number of hydrogen-bond acceptors (Lipinski definition) is 6. The molecule has 1 fully saturated rings. The summed E-state index contributed by atoms with van der Waals surface area (Å²) in [6.45, 7) is 4.58. The van der Waals surface area contributed by atoms with Gasteiger partial charge in [-0.05, 0) is 57.1 Å². The first-order chi connectivity index (χ1) is 14.1. The Morgan fingerprint density at radius 2 is 1.93 bits per heavy atom. The van der Waals surface area contributed by atoms with Gasteiger partial charge in [-0.1, -0.05) is 18.2 Å². The quantitative estimate of drug-likeness (QED) is 0.614. The number of benzene rings is 2. The first-order valence-electron chi connectivity index (χ1n) is 10.2. The molecule has 1 aromatic heterocycles. The van der Waals surface area contributed by atoms with Crippen LogP contribution in [0.25, 0.3) is 21.9 Å². The number of aliphatic hydroxyl groups is 1. The molecule has 1 unspecified atom stereocenters. The molecule has 0 aliphatic carbocycles. The van der Waals surface area contributed by atoms with Crippen LogP contribution in [-0.4, -0.2) is 54.9 Å². The van der Waals surface area contributed by atoms with E-state index in [0.717, 1.165) is 47.9 Å². The van der Waals surface area contributed by atoms with E-state index in [4.69, 9.17) is 13.9 Å². The number of β-amino-alcohol motifs (C(OH)–C–C–N with tert-alkyl or cyclic N) is 1. The lowest BCUT2D eigenvalue weighted by atomic mass is 9.97. The summed E-state index contributed by atoms with van der Waals surface area (Å²) >= 11 is 0. The number of carbonyl (C=O) groups is 1. The Labute approximate surface area is 170 Å². The predicted octanol–water partition coefficient (Wildman–Crippen LogP) is 3.60. The second-order valence-corrected chi connectivity index (χ2v) is 7.55. The van der Waals surface area contributed by atoms with E-state index >= 15 is 0 Å². The van der Waals surface area contributed by atoms with Gasteiger partial charge >= 0.3 is 5.97 Å². The largest absolute Gasteiger partial charge is 0.491 e. The third-order valence-corrected chi connectivity index (χ3v) is 5.47. The Balaban J connectivity index is 1.29. The van der Waals surface area contributed by atoms with E-state index in [1.54, 1.807) is 0 Å². The van der Waals surface area contributed by atoms with Crippen molar-refractivity contribution >= 4 is 27.9 Å². The van der Waals surface area contributed by atoms with Crippen LogP contribution in [0.3, 0.4) is 0 Å². The van der Waals surface area contributed by atoms with Crippen molar-refractivity contribution in [3.63, 3.8) is 0 Å². The van der Waals surface area contributed by atoms with Gasteiger partial charge in [0.05, 0.1) is 12.5 Å². The van der Waals surface area contributed by atoms with E-state index < -0.39 is 6.10 Å². The summed E-state index contributed by atoms with van der Waals surface area (Å²) in [6.07, 6.45) is 0.957. The molecule has 0 saturated carbocycles. The maximum atomic E-state index is 11.8. The maximum absolute atomic E-state index is 11.8. The van der Waals surface area contributed by atoms with Crippen LogP contribution in [0.4, 0.5) is 0 Å². The summed E-state index contributed by atoms with van der Waals surface area (Å²) in [5.74, 6) is 0.596. The van der Waals surface area contributed by atoms with Crippen molar-refractivity contribution in [2.75, 3.05) is 32.8 Å². The summed E-state index contributed by atoms with van der Waals surface area (Å²) in [5, 5.41) is 12.5. The zero-order valence-electron chi connectivity index (χ0n) is 16.7. The van der Waals surface area contributed by atoms with Gasteiger partial charge in [-0.15, -0.1) is 0 Å². The summed E-state index contributed by atoms with van der Waals surface area (Å²) in [6, 6.07) is 13.6. The van der Waals surface area contributed by atoms with Gasteiger partial charge in [-0.2, -0.15) is 0 Å². The lowest BCUT2D eigenvalue weighted by Crippen LogP contribution is -2.42. The SMILES string of the molecule is CCOC(=O)C1CCN(CC(O)COc2ccc3oc4ccccc4c3c2)CC1. The molecule has 6 heteroatoms. The molecular weight excluding hydrogens is 370 g/mol. The molecule has 1 atom stereocenters. The number of nitrogens with zero attached hydrogens (tertiary/aromatic N) is 1. The van der Waals surface area contributed by atoms with Crippen molar-refractivity contribution in [2.45, 2.75) is 25.9 Å². The highest BCUT2D eigenvalue weighted by molar-refractivity contribution is 6.05. The molecule has 4 rings (SSSR count). The predicted molar refractivity (Wildman–Crippen MR) is 111 cm³/mol. The van der Waals surface area contributed by atoms with Gasteiger partial charge in [-0.25, -0.2) is 0 Å². The molecular formula is C23H27NO5. The average molecular weight is 397 g/mol. The number of para-hydroxylation sites is 1. The van der Waals surface area contributed by atoms with Crippen LogP contribution < -0.4 is 4.74 Å². The molecule has 6 nitrogen and oxygen atoms in total. The molecule has 1 aliphatic rings. The van der Waals surface area contributed by atoms with Gasteiger partial charge in [0.2, 0.25) is 0 Å². The summed E-state index contributed by atoms with van der Waals surface area (Å²) in [5.41, 5.74) is 1.68. The van der Waals surface area contributed by atoms with Crippen molar-refractivity contribution in [3.05, 3.63) is 42.5 Å². The Hall–Kier alpha value is -2.57. The highest BCUT2D eigenvalue weighted by Crippen LogP contribution is 2.31. The maximum Gasteiger partial charge on any atom is 0.309 e. The van der Waals surface area contributed by atoms with Crippen LogP contribution in [0.5, 0.6) is 5.75 Å². The van der Waals surface area contributed by atoms with Crippen molar-refractivity contribution in [1.29, 1.82) is 0 Å². The van der Waals surface area contributed by atoms with Gasteiger partial charge in [-0.3, -0.25) is 4.79 Å². The van der Waals surface area contributed by atoms with E-state index in [1.165, 1.54) is 0 Å². The Kier molecular flexibility index (Phi) is 6.02. The molecule has 0 amide bonds. The lowest BCUT2D eigenvalue weighted by Gasteiger charge is -2.32. The molecule has 2 heterocycles. The van der Waals surface area contributed by atoms with Crippen molar-refractivity contribution in [2.24, 2.45) is 5.92 Å². The van der Waals surface area contributed by atoms with Crippen LogP contribution in [0.15, 0.2) is 46.9 Å². The van der Waals surface area contributed by atoms with Gasteiger partial charge in [0.25, 0.3) is 0 Å². The number of fused-ring (bicyclic) bond motifs is 3. The van der Waals surface area contributed by atoms with Crippen molar-refractivity contribution < 1.29 is 23.8 Å². The van der Waals surface area contributed by atoms with E-state index in [9.17, 15) is 9.90 Å². The fourth-order valence-corrected chi connectivity index (χ4v) is 3.95. The Morgan fingerprint density at radius 3 is 2.72 bits per heavy atom. The molecule has 3 aromatic rings. The van der Waals surface area contributed by atoms with E-state index in [1.807, 2.05) is 49.4 Å². The third-order valence-electron chi connectivity index (χ3n) is 5.47. The lowest BCUT2D eigenvalue weighted by molar-refractivity contribution is -0.149. The molecule has 1 aliphatic heterocycles. The van der Waals surface area contributed by atoms with Crippen LogP contribution in [0.2, 0.25) is 0 Å². The zero-order valence-corrected chi connectivity index (χ0v) is 16.7. The second-order valence-electron chi connectivity index (χ2n) is 7.55. The molecule has 0 bridgehead atoms. The summed E-state index contributed by atoms with van der Waals surface area (Å²) in [7, 11) is 0. The molecule has 0 spiro atoms. The van der Waals surface area contributed by atoms with Crippen molar-refractivity contribution in [3.8, 4) is 5.75 Å². The molecule has 2 aromatic carbocycles. The number of esters is 1. The normalized spacial score (nSPS) is 16.9. The number of likely N-dealkylation sites (tertiary alicyclic amines) is 1. The second kappa shape index (κ2) is 8.84. The highest BCUT2D eigenvalue weighted by Gasteiger charge is 2.26. The molecule has 29 heavy (non-hydrogen) atoms. The topological polar surface area (TPSA) is 72.1 Å². The minimum atomic E-state index is -0.592. The number of aliphatic hydroxyl groups excluding tert-OH is 1. The summed E-state index contributed by atoms with van der Waals surface area (Å²) < 4.78 is 16.8. The standard InChI is InChI=1S/C23H27NO5/c1-2-27-23(26)16-9-11-24(12-10-16)14-17(25)15-28-18-7-8-22-20(13-18)19-5-3-4-6-21(19)29-22/h3-8,13,16-17,25H,2,9-12,14-15H2,1H3. The molecule has 154 valence electrons. The minimum absolute atomic E-state index is 0.0175. The zero-order chi connectivity index (χ0) is 20.2. The summed E-state index contributed by atoms with van der Waals surface area (Å²) in [4.78, 5) is 14.0.